The number of hydrogen-bond donors (Lipinski definition) is 2. The smallest absolute Gasteiger partial charge is 0.231 e. The molecule has 2 heterocycles. The minimum absolute atomic E-state index is 0.300. The van der Waals surface area contributed by atoms with Gasteiger partial charge in [-0.05, 0) is 30.5 Å². The number of nitrogens with zero attached hydrogens (tertiary/aromatic N) is 2. The Bertz CT molecular complexity index is 701. The molecule has 0 spiro atoms. The molecule has 0 amide bonds. The van der Waals surface area contributed by atoms with Crippen LogP contribution in [-0.4, -0.2) is 22.8 Å². The quantitative estimate of drug-likeness (QED) is 0.875. The second kappa shape index (κ2) is 6.95. The summed E-state index contributed by atoms with van der Waals surface area (Å²) in [5.41, 5.74) is 1.12. The van der Waals surface area contributed by atoms with Crippen LogP contribution in [0.25, 0.3) is 0 Å². The largest absolute Gasteiger partial charge is 0.454 e. The van der Waals surface area contributed by atoms with Gasteiger partial charge in [0.05, 0.1) is 0 Å². The van der Waals surface area contributed by atoms with Crippen molar-refractivity contribution < 1.29 is 9.47 Å². The topological polar surface area (TPSA) is 68.3 Å². The summed E-state index contributed by atoms with van der Waals surface area (Å²) in [4.78, 5) is 8.64. The Morgan fingerprint density at radius 2 is 1.79 bits per heavy atom. The molecule has 2 aromatic rings. The second-order valence-electron chi connectivity index (χ2n) is 6.31. The fraction of sp³-hybridized carbons (Fsp3) is 0.444. The third-order valence-corrected chi connectivity index (χ3v) is 4.53. The maximum absolute atomic E-state index is 5.41. The van der Waals surface area contributed by atoms with E-state index in [1.807, 2.05) is 24.3 Å². The standard InChI is InChI=1S/C18H22N4O2/c1-2-4-14(5-3-1)22-18-9-17(20-11-21-18)19-10-13-6-7-15-16(8-13)24-12-23-15/h6-9,11,14H,1-5,10,12H2,(H2,19,20,21,22). The zero-order chi connectivity index (χ0) is 16.2. The van der Waals surface area contributed by atoms with Crippen LogP contribution in [-0.2, 0) is 6.54 Å². The minimum Gasteiger partial charge on any atom is -0.454 e. The number of nitrogens with one attached hydrogen (secondary N) is 2. The zero-order valence-electron chi connectivity index (χ0n) is 13.6. The number of anilines is 2. The van der Waals surface area contributed by atoms with Crippen molar-refractivity contribution >= 4 is 11.6 Å². The molecule has 1 aliphatic carbocycles. The lowest BCUT2D eigenvalue weighted by atomic mass is 9.95. The number of ether oxygens (including phenoxy) is 2. The van der Waals surface area contributed by atoms with Gasteiger partial charge >= 0.3 is 0 Å². The van der Waals surface area contributed by atoms with Crippen molar-refractivity contribution in [2.75, 3.05) is 17.4 Å². The highest BCUT2D eigenvalue weighted by Gasteiger charge is 2.14. The molecule has 126 valence electrons. The number of rotatable bonds is 5. The summed E-state index contributed by atoms with van der Waals surface area (Å²) in [6.07, 6.45) is 8.02. The highest BCUT2D eigenvalue weighted by Crippen LogP contribution is 2.32. The molecule has 0 radical (unpaired) electrons. The van der Waals surface area contributed by atoms with Gasteiger partial charge in [-0.15, -0.1) is 0 Å². The van der Waals surface area contributed by atoms with Gasteiger partial charge in [0.2, 0.25) is 6.79 Å². The number of fused-ring (bicyclic) bond motifs is 1. The van der Waals surface area contributed by atoms with Crippen molar-refractivity contribution in [2.45, 2.75) is 44.7 Å². The summed E-state index contributed by atoms with van der Waals surface area (Å²) in [7, 11) is 0. The zero-order valence-corrected chi connectivity index (χ0v) is 13.6. The van der Waals surface area contributed by atoms with Gasteiger partial charge in [0.15, 0.2) is 11.5 Å². The Kier molecular flexibility index (Phi) is 4.36. The normalized spacial score (nSPS) is 16.8. The molecule has 1 saturated carbocycles. The summed E-state index contributed by atoms with van der Waals surface area (Å²) in [5.74, 6) is 3.32. The summed E-state index contributed by atoms with van der Waals surface area (Å²) in [5, 5.41) is 6.87. The maximum Gasteiger partial charge on any atom is 0.231 e. The average Bonchev–Trinajstić information content (AvgIpc) is 3.09. The molecule has 0 unspecified atom stereocenters. The Morgan fingerprint density at radius 1 is 0.958 bits per heavy atom. The van der Waals surface area contributed by atoms with Crippen LogP contribution in [0.4, 0.5) is 11.6 Å². The van der Waals surface area contributed by atoms with E-state index < -0.39 is 0 Å². The monoisotopic (exact) mass is 326 g/mol. The Balaban J connectivity index is 1.37. The maximum atomic E-state index is 5.41. The van der Waals surface area contributed by atoms with Gasteiger partial charge in [0.25, 0.3) is 0 Å². The van der Waals surface area contributed by atoms with Crippen molar-refractivity contribution in [3.05, 3.63) is 36.2 Å². The van der Waals surface area contributed by atoms with Crippen LogP contribution in [0.1, 0.15) is 37.7 Å². The molecule has 2 N–H and O–H groups in total. The molecule has 2 aliphatic rings. The molecule has 0 bridgehead atoms. The molecule has 1 aliphatic heterocycles. The fourth-order valence-corrected chi connectivity index (χ4v) is 3.23. The van der Waals surface area contributed by atoms with Crippen molar-refractivity contribution in [1.82, 2.24) is 9.97 Å². The molecular formula is C18H22N4O2. The van der Waals surface area contributed by atoms with E-state index in [1.54, 1.807) is 6.33 Å². The molecule has 1 fully saturated rings. The van der Waals surface area contributed by atoms with Gasteiger partial charge < -0.3 is 20.1 Å². The summed E-state index contributed by atoms with van der Waals surface area (Å²) < 4.78 is 10.7. The highest BCUT2D eigenvalue weighted by atomic mass is 16.7. The lowest BCUT2D eigenvalue weighted by Crippen LogP contribution is -2.22. The average molecular weight is 326 g/mol. The molecule has 4 rings (SSSR count). The fourth-order valence-electron chi connectivity index (χ4n) is 3.23. The van der Waals surface area contributed by atoms with E-state index in [4.69, 9.17) is 9.47 Å². The van der Waals surface area contributed by atoms with E-state index in [0.29, 0.717) is 19.4 Å². The number of aromatic nitrogens is 2. The lowest BCUT2D eigenvalue weighted by molar-refractivity contribution is 0.174. The van der Waals surface area contributed by atoms with E-state index in [2.05, 4.69) is 20.6 Å². The molecule has 24 heavy (non-hydrogen) atoms. The SMILES string of the molecule is c1nc(NCc2ccc3c(c2)OCO3)cc(NC2CCCCC2)n1. The molecule has 0 saturated heterocycles. The molecule has 6 nitrogen and oxygen atoms in total. The molecular weight excluding hydrogens is 304 g/mol. The van der Waals surface area contributed by atoms with Crippen molar-refractivity contribution in [1.29, 1.82) is 0 Å². The predicted molar refractivity (Wildman–Crippen MR) is 92.4 cm³/mol. The molecule has 0 atom stereocenters. The predicted octanol–water partition coefficient (Wildman–Crippen LogP) is 3.56. The van der Waals surface area contributed by atoms with Gasteiger partial charge in [-0.2, -0.15) is 0 Å². The van der Waals surface area contributed by atoms with E-state index in [-0.39, 0.29) is 0 Å². The molecule has 1 aromatic heterocycles. The van der Waals surface area contributed by atoms with Crippen LogP contribution in [0.3, 0.4) is 0 Å². The first-order chi connectivity index (χ1) is 11.9. The van der Waals surface area contributed by atoms with Crippen molar-refractivity contribution in [3.8, 4) is 11.5 Å². The second-order valence-corrected chi connectivity index (χ2v) is 6.31. The van der Waals surface area contributed by atoms with Crippen molar-refractivity contribution in [2.24, 2.45) is 0 Å². The summed E-state index contributed by atoms with van der Waals surface area (Å²) >= 11 is 0. The van der Waals surface area contributed by atoms with E-state index >= 15 is 0 Å². The summed E-state index contributed by atoms with van der Waals surface area (Å²) in [6, 6.07) is 8.48. The Hall–Kier alpha value is -2.50. The number of benzene rings is 1. The van der Waals surface area contributed by atoms with Gasteiger partial charge in [-0.25, -0.2) is 9.97 Å². The molecule has 6 heteroatoms. The van der Waals surface area contributed by atoms with Gasteiger partial charge in [-0.1, -0.05) is 25.3 Å². The van der Waals surface area contributed by atoms with E-state index in [1.165, 1.54) is 32.1 Å². The minimum atomic E-state index is 0.300. The lowest BCUT2D eigenvalue weighted by Gasteiger charge is -2.23. The summed E-state index contributed by atoms with van der Waals surface area (Å²) in [6.45, 7) is 0.977. The van der Waals surface area contributed by atoms with Crippen LogP contribution in [0.15, 0.2) is 30.6 Å². The van der Waals surface area contributed by atoms with Gasteiger partial charge in [-0.3, -0.25) is 0 Å². The van der Waals surface area contributed by atoms with E-state index in [9.17, 15) is 0 Å². The van der Waals surface area contributed by atoms with Gasteiger partial charge in [0.1, 0.15) is 18.0 Å². The third kappa shape index (κ3) is 3.53. The van der Waals surface area contributed by atoms with Crippen molar-refractivity contribution in [3.63, 3.8) is 0 Å². The Labute approximate surface area is 141 Å². The third-order valence-electron chi connectivity index (χ3n) is 4.53. The molecule has 1 aromatic carbocycles. The van der Waals surface area contributed by atoms with Crippen LogP contribution >= 0.6 is 0 Å². The first-order valence-corrected chi connectivity index (χ1v) is 8.58. The first-order valence-electron chi connectivity index (χ1n) is 8.58. The Morgan fingerprint density at radius 3 is 2.71 bits per heavy atom. The van der Waals surface area contributed by atoms with E-state index in [0.717, 1.165) is 28.7 Å². The first kappa shape index (κ1) is 15.1. The number of hydrogen-bond acceptors (Lipinski definition) is 6. The van der Waals surface area contributed by atoms with Crippen LogP contribution in [0.5, 0.6) is 11.5 Å². The van der Waals surface area contributed by atoms with Crippen LogP contribution in [0.2, 0.25) is 0 Å². The highest BCUT2D eigenvalue weighted by molar-refractivity contribution is 5.49. The van der Waals surface area contributed by atoms with Crippen LogP contribution in [0, 0.1) is 0 Å². The van der Waals surface area contributed by atoms with Crippen LogP contribution < -0.4 is 20.1 Å². The van der Waals surface area contributed by atoms with Gasteiger partial charge in [0, 0.05) is 18.7 Å².